The van der Waals surface area contributed by atoms with E-state index in [0.717, 1.165) is 12.1 Å². The molecule has 2 aromatic rings. The van der Waals surface area contributed by atoms with Gasteiger partial charge in [0.15, 0.2) is 0 Å². The lowest BCUT2D eigenvalue weighted by Crippen LogP contribution is -2.40. The summed E-state index contributed by atoms with van der Waals surface area (Å²) in [4.78, 5) is 1.60. The van der Waals surface area contributed by atoms with Gasteiger partial charge in [0.25, 0.3) is 0 Å². The van der Waals surface area contributed by atoms with Crippen molar-refractivity contribution < 1.29 is 13.2 Å². The third-order valence-electron chi connectivity index (χ3n) is 4.35. The Hall–Kier alpha value is -1.38. The Morgan fingerprint density at radius 1 is 0.962 bits per heavy atom. The Morgan fingerprint density at radius 3 is 2.04 bits per heavy atom. The number of sulfonamides is 1. The second kappa shape index (κ2) is 9.01. The van der Waals surface area contributed by atoms with Crippen LogP contribution in [0, 0.1) is 0 Å². The van der Waals surface area contributed by atoms with Crippen molar-refractivity contribution in [2.75, 3.05) is 32.6 Å². The van der Waals surface area contributed by atoms with E-state index >= 15 is 0 Å². The number of hydrogen-bond acceptors (Lipinski definition) is 5. The SMILES string of the molecule is CSc1ccc(CNCc2ccc(S(=O)(=O)N3CCOCC3)cc2)cc1. The maximum Gasteiger partial charge on any atom is 0.243 e. The van der Waals surface area contributed by atoms with Gasteiger partial charge in [0.2, 0.25) is 10.0 Å². The van der Waals surface area contributed by atoms with Gasteiger partial charge in [-0.05, 0) is 41.6 Å². The molecule has 2 aromatic carbocycles. The van der Waals surface area contributed by atoms with E-state index in [1.54, 1.807) is 23.9 Å². The summed E-state index contributed by atoms with van der Waals surface area (Å²) in [6.45, 7) is 3.23. The number of rotatable bonds is 7. The minimum Gasteiger partial charge on any atom is -0.379 e. The summed E-state index contributed by atoms with van der Waals surface area (Å²) in [7, 11) is -3.42. The van der Waals surface area contributed by atoms with Crippen LogP contribution in [0.5, 0.6) is 0 Å². The topological polar surface area (TPSA) is 58.6 Å². The molecule has 1 aliphatic heterocycles. The van der Waals surface area contributed by atoms with Gasteiger partial charge in [0, 0.05) is 31.1 Å². The van der Waals surface area contributed by atoms with Crippen LogP contribution in [0.1, 0.15) is 11.1 Å². The summed E-state index contributed by atoms with van der Waals surface area (Å²) in [6, 6.07) is 15.6. The highest BCUT2D eigenvalue weighted by Gasteiger charge is 2.25. The third-order valence-corrected chi connectivity index (χ3v) is 7.00. The zero-order valence-corrected chi connectivity index (χ0v) is 16.5. The predicted octanol–water partition coefficient (Wildman–Crippen LogP) is 2.72. The van der Waals surface area contributed by atoms with Crippen LogP contribution in [0.4, 0.5) is 0 Å². The molecule has 0 aliphatic carbocycles. The van der Waals surface area contributed by atoms with Crippen molar-refractivity contribution in [1.29, 1.82) is 0 Å². The largest absolute Gasteiger partial charge is 0.379 e. The Balaban J connectivity index is 1.55. The van der Waals surface area contributed by atoms with E-state index in [2.05, 4.69) is 35.8 Å². The first-order chi connectivity index (χ1) is 12.6. The van der Waals surface area contributed by atoms with E-state index in [4.69, 9.17) is 4.74 Å². The van der Waals surface area contributed by atoms with Crippen molar-refractivity contribution in [3.8, 4) is 0 Å². The van der Waals surface area contributed by atoms with Gasteiger partial charge in [-0.2, -0.15) is 4.31 Å². The summed E-state index contributed by atoms with van der Waals surface area (Å²) in [5.41, 5.74) is 2.29. The van der Waals surface area contributed by atoms with Crippen LogP contribution >= 0.6 is 11.8 Å². The van der Waals surface area contributed by atoms with Crippen LogP contribution < -0.4 is 5.32 Å². The average molecular weight is 393 g/mol. The first-order valence-electron chi connectivity index (χ1n) is 8.60. The van der Waals surface area contributed by atoms with E-state index < -0.39 is 10.0 Å². The zero-order valence-electron chi connectivity index (χ0n) is 14.8. The molecule has 26 heavy (non-hydrogen) atoms. The minimum absolute atomic E-state index is 0.343. The normalized spacial score (nSPS) is 15.9. The smallest absolute Gasteiger partial charge is 0.243 e. The van der Waals surface area contributed by atoms with Crippen molar-refractivity contribution in [3.05, 3.63) is 59.7 Å². The van der Waals surface area contributed by atoms with Crippen molar-refractivity contribution >= 4 is 21.8 Å². The fourth-order valence-corrected chi connectivity index (χ4v) is 4.63. The molecule has 0 unspecified atom stereocenters. The van der Waals surface area contributed by atoms with Gasteiger partial charge >= 0.3 is 0 Å². The Morgan fingerprint density at radius 2 is 1.50 bits per heavy atom. The molecule has 0 amide bonds. The van der Waals surface area contributed by atoms with Gasteiger partial charge in [0.05, 0.1) is 18.1 Å². The second-order valence-corrected chi connectivity index (χ2v) is 8.93. The molecule has 3 rings (SSSR count). The standard InChI is InChI=1S/C19H24N2O3S2/c1-25-18-6-2-16(3-7-18)14-20-15-17-4-8-19(9-5-17)26(22,23)21-10-12-24-13-11-21/h2-9,20H,10-15H2,1H3. The lowest BCUT2D eigenvalue weighted by molar-refractivity contribution is 0.0730. The van der Waals surface area contributed by atoms with E-state index in [-0.39, 0.29) is 0 Å². The quantitative estimate of drug-likeness (QED) is 0.734. The van der Waals surface area contributed by atoms with E-state index in [1.807, 2.05) is 12.1 Å². The van der Waals surface area contributed by atoms with Crippen molar-refractivity contribution in [2.24, 2.45) is 0 Å². The molecule has 1 N–H and O–H groups in total. The van der Waals surface area contributed by atoms with Crippen LogP contribution in [-0.2, 0) is 27.8 Å². The molecule has 0 bridgehead atoms. The molecule has 1 fully saturated rings. The molecule has 1 saturated heterocycles. The summed E-state index contributed by atoms with van der Waals surface area (Å²) < 4.78 is 31.9. The highest BCUT2D eigenvalue weighted by Crippen LogP contribution is 2.18. The molecule has 1 aliphatic rings. The molecule has 0 atom stereocenters. The molecule has 0 spiro atoms. The molecule has 0 aromatic heterocycles. The van der Waals surface area contributed by atoms with Gasteiger partial charge in [-0.3, -0.25) is 0 Å². The fourth-order valence-electron chi connectivity index (χ4n) is 2.81. The van der Waals surface area contributed by atoms with Crippen LogP contribution in [0.2, 0.25) is 0 Å². The molecular weight excluding hydrogens is 368 g/mol. The molecule has 0 saturated carbocycles. The first-order valence-corrected chi connectivity index (χ1v) is 11.3. The lowest BCUT2D eigenvalue weighted by atomic mass is 10.2. The van der Waals surface area contributed by atoms with Gasteiger partial charge in [-0.15, -0.1) is 11.8 Å². The van der Waals surface area contributed by atoms with Crippen LogP contribution in [0.25, 0.3) is 0 Å². The maximum atomic E-state index is 12.6. The predicted molar refractivity (Wildman–Crippen MR) is 105 cm³/mol. The van der Waals surface area contributed by atoms with Crippen LogP contribution in [0.3, 0.4) is 0 Å². The van der Waals surface area contributed by atoms with Gasteiger partial charge < -0.3 is 10.1 Å². The number of ether oxygens (including phenoxy) is 1. The molecule has 7 heteroatoms. The molecule has 1 heterocycles. The minimum atomic E-state index is -3.42. The zero-order chi connectivity index (χ0) is 18.4. The Kier molecular flexibility index (Phi) is 6.72. The maximum absolute atomic E-state index is 12.6. The number of nitrogens with one attached hydrogen (secondary N) is 1. The number of nitrogens with zero attached hydrogens (tertiary/aromatic N) is 1. The number of benzene rings is 2. The number of morpholine rings is 1. The van der Waals surface area contributed by atoms with Crippen molar-refractivity contribution in [1.82, 2.24) is 9.62 Å². The monoisotopic (exact) mass is 392 g/mol. The van der Waals surface area contributed by atoms with E-state index in [0.29, 0.717) is 37.7 Å². The summed E-state index contributed by atoms with van der Waals surface area (Å²) >= 11 is 1.73. The number of thioether (sulfide) groups is 1. The van der Waals surface area contributed by atoms with Crippen LogP contribution in [-0.4, -0.2) is 45.3 Å². The molecular formula is C19H24N2O3S2. The fraction of sp³-hybridized carbons (Fsp3) is 0.368. The van der Waals surface area contributed by atoms with E-state index in [1.165, 1.54) is 14.8 Å². The van der Waals surface area contributed by atoms with Gasteiger partial charge in [-0.1, -0.05) is 24.3 Å². The third kappa shape index (κ3) is 4.86. The summed E-state index contributed by atoms with van der Waals surface area (Å²) in [5, 5.41) is 3.39. The molecule has 5 nitrogen and oxygen atoms in total. The second-order valence-electron chi connectivity index (χ2n) is 6.11. The highest BCUT2D eigenvalue weighted by atomic mass is 32.2. The number of hydrogen-bond donors (Lipinski definition) is 1. The summed E-state index contributed by atoms with van der Waals surface area (Å²) in [6.07, 6.45) is 2.07. The lowest BCUT2D eigenvalue weighted by Gasteiger charge is -2.26. The Labute approximate surface area is 159 Å². The van der Waals surface area contributed by atoms with Crippen molar-refractivity contribution in [2.45, 2.75) is 22.9 Å². The van der Waals surface area contributed by atoms with Crippen molar-refractivity contribution in [3.63, 3.8) is 0 Å². The van der Waals surface area contributed by atoms with Gasteiger partial charge in [0.1, 0.15) is 0 Å². The van der Waals surface area contributed by atoms with Gasteiger partial charge in [-0.25, -0.2) is 8.42 Å². The summed E-state index contributed by atoms with van der Waals surface area (Å²) in [5.74, 6) is 0. The van der Waals surface area contributed by atoms with E-state index in [9.17, 15) is 8.42 Å². The molecule has 140 valence electrons. The highest BCUT2D eigenvalue weighted by molar-refractivity contribution is 7.98. The molecule has 0 radical (unpaired) electrons. The Bertz CT molecular complexity index is 800. The average Bonchev–Trinajstić information content (AvgIpc) is 2.69. The first kappa shape index (κ1) is 19.4. The van der Waals surface area contributed by atoms with Crippen LogP contribution in [0.15, 0.2) is 58.3 Å².